The standard InChI is InChI=1S/C19H26O3.FH/c1-18-8-6-13(21)10-12(18)2-3-14-15(18)7-9-19(11-20)16(14)4-5-17(19)22;/h10,14-16,20H,2-9,11H2,1H3;1H/t14-,15+,16+,18+,19-;/m1./s1. The van der Waals surface area contributed by atoms with E-state index >= 15 is 0 Å². The van der Waals surface area contributed by atoms with Crippen LogP contribution in [0.25, 0.3) is 0 Å². The van der Waals surface area contributed by atoms with E-state index in [0.29, 0.717) is 42.2 Å². The molecule has 0 amide bonds. The van der Waals surface area contributed by atoms with Crippen molar-refractivity contribution in [2.24, 2.45) is 28.6 Å². The van der Waals surface area contributed by atoms with Crippen molar-refractivity contribution in [1.82, 2.24) is 0 Å². The fourth-order valence-corrected chi connectivity index (χ4v) is 6.43. The van der Waals surface area contributed by atoms with Crippen molar-refractivity contribution in [3.05, 3.63) is 11.6 Å². The Balaban J connectivity index is 0.00000156. The molecule has 3 saturated carbocycles. The summed E-state index contributed by atoms with van der Waals surface area (Å²) in [7, 11) is 0. The molecule has 128 valence electrons. The molecule has 23 heavy (non-hydrogen) atoms. The number of Topliss-reactive ketones (excluding diaryl/α,β-unsaturated/α-hetero) is 1. The van der Waals surface area contributed by atoms with Crippen LogP contribution in [0, 0.1) is 28.6 Å². The predicted octanol–water partition coefficient (Wildman–Crippen LogP) is 3.21. The number of aliphatic hydroxyl groups excluding tert-OH is 1. The van der Waals surface area contributed by atoms with Gasteiger partial charge in [-0.1, -0.05) is 12.5 Å². The van der Waals surface area contributed by atoms with Crippen LogP contribution in [0.4, 0.5) is 4.70 Å². The van der Waals surface area contributed by atoms with E-state index in [-0.39, 0.29) is 16.7 Å². The minimum absolute atomic E-state index is 0. The Morgan fingerprint density at radius 2 is 1.87 bits per heavy atom. The summed E-state index contributed by atoms with van der Waals surface area (Å²) in [5.41, 5.74) is 1.10. The van der Waals surface area contributed by atoms with Crippen LogP contribution in [-0.4, -0.2) is 23.3 Å². The molecule has 0 saturated heterocycles. The highest BCUT2D eigenvalue weighted by Gasteiger charge is 2.60. The van der Waals surface area contributed by atoms with Crippen LogP contribution >= 0.6 is 0 Å². The van der Waals surface area contributed by atoms with Crippen molar-refractivity contribution in [2.75, 3.05) is 6.61 Å². The third-order valence-electron chi connectivity index (χ3n) is 7.69. The van der Waals surface area contributed by atoms with Crippen LogP contribution in [-0.2, 0) is 9.59 Å². The second-order valence-corrected chi connectivity index (χ2v) is 8.28. The quantitative estimate of drug-likeness (QED) is 0.806. The maximum absolute atomic E-state index is 12.4. The number of hydrogen-bond donors (Lipinski definition) is 1. The lowest BCUT2D eigenvalue weighted by Crippen LogP contribution is -2.52. The molecule has 1 N–H and O–H groups in total. The Labute approximate surface area is 136 Å². The van der Waals surface area contributed by atoms with E-state index in [2.05, 4.69) is 6.92 Å². The number of allylic oxidation sites excluding steroid dienone is 1. The maximum Gasteiger partial charge on any atom is 0.155 e. The molecule has 4 heteroatoms. The van der Waals surface area contributed by atoms with E-state index in [1.165, 1.54) is 5.57 Å². The molecule has 3 fully saturated rings. The van der Waals surface area contributed by atoms with Crippen LogP contribution in [0.5, 0.6) is 0 Å². The molecule has 0 aromatic heterocycles. The second-order valence-electron chi connectivity index (χ2n) is 8.28. The average Bonchev–Trinajstić information content (AvgIpc) is 2.86. The average molecular weight is 322 g/mol. The van der Waals surface area contributed by atoms with Crippen molar-refractivity contribution in [3.63, 3.8) is 0 Å². The zero-order chi connectivity index (χ0) is 15.5. The molecule has 0 heterocycles. The first-order valence-corrected chi connectivity index (χ1v) is 8.89. The van der Waals surface area contributed by atoms with Crippen LogP contribution in [0.3, 0.4) is 0 Å². The van der Waals surface area contributed by atoms with Gasteiger partial charge in [0.1, 0.15) is 5.78 Å². The minimum atomic E-state index is -0.427. The minimum Gasteiger partial charge on any atom is -0.395 e. The van der Waals surface area contributed by atoms with Crippen molar-refractivity contribution in [1.29, 1.82) is 0 Å². The smallest absolute Gasteiger partial charge is 0.155 e. The molecule has 0 radical (unpaired) electrons. The number of fused-ring (bicyclic) bond motifs is 5. The lowest BCUT2D eigenvalue weighted by molar-refractivity contribution is -0.138. The molecule has 0 unspecified atom stereocenters. The molecule has 4 aliphatic rings. The summed E-state index contributed by atoms with van der Waals surface area (Å²) >= 11 is 0. The van der Waals surface area contributed by atoms with Gasteiger partial charge in [0, 0.05) is 12.8 Å². The Hall–Kier alpha value is -1.03. The summed E-state index contributed by atoms with van der Waals surface area (Å²) in [6, 6.07) is 0. The zero-order valence-electron chi connectivity index (χ0n) is 13.8. The summed E-state index contributed by atoms with van der Waals surface area (Å²) in [4.78, 5) is 24.2. The van der Waals surface area contributed by atoms with E-state index < -0.39 is 5.41 Å². The largest absolute Gasteiger partial charge is 0.395 e. The highest BCUT2D eigenvalue weighted by atomic mass is 19.0. The molecule has 3 nitrogen and oxygen atoms in total. The maximum atomic E-state index is 12.4. The topological polar surface area (TPSA) is 54.4 Å². The van der Waals surface area contributed by atoms with Crippen LogP contribution in [0.2, 0.25) is 0 Å². The fraction of sp³-hybridized carbons (Fsp3) is 0.789. The van der Waals surface area contributed by atoms with Gasteiger partial charge in [0.15, 0.2) is 5.78 Å². The van der Waals surface area contributed by atoms with Gasteiger partial charge >= 0.3 is 0 Å². The SMILES string of the molecule is C[C@]12CCC(=O)C=C1CC[C@H]1[C@@H]3CCC(=O)[C@@]3(CO)CC[C@@H]12.F. The van der Waals surface area contributed by atoms with E-state index in [9.17, 15) is 14.7 Å². The number of halogens is 1. The van der Waals surface area contributed by atoms with Gasteiger partial charge < -0.3 is 5.11 Å². The third kappa shape index (κ3) is 2.10. The number of rotatable bonds is 1. The van der Waals surface area contributed by atoms with Gasteiger partial charge in [-0.15, -0.1) is 0 Å². The summed E-state index contributed by atoms with van der Waals surface area (Å²) in [6.07, 6.45) is 9.20. The van der Waals surface area contributed by atoms with E-state index in [4.69, 9.17) is 0 Å². The first-order valence-electron chi connectivity index (χ1n) is 8.89. The fourth-order valence-electron chi connectivity index (χ4n) is 6.43. The third-order valence-corrected chi connectivity index (χ3v) is 7.69. The van der Waals surface area contributed by atoms with Gasteiger partial charge in [-0.3, -0.25) is 14.3 Å². The van der Waals surface area contributed by atoms with E-state index in [1.54, 1.807) is 0 Å². The van der Waals surface area contributed by atoms with Crippen LogP contribution in [0.15, 0.2) is 11.6 Å². The molecule has 0 bridgehead atoms. The summed E-state index contributed by atoms with van der Waals surface area (Å²) < 4.78 is 0. The van der Waals surface area contributed by atoms with Gasteiger partial charge in [0.2, 0.25) is 0 Å². The van der Waals surface area contributed by atoms with Crippen molar-refractivity contribution in [3.8, 4) is 0 Å². The lowest BCUT2D eigenvalue weighted by Gasteiger charge is -2.57. The monoisotopic (exact) mass is 322 g/mol. The molecule has 0 aromatic carbocycles. The lowest BCUT2D eigenvalue weighted by atomic mass is 9.47. The predicted molar refractivity (Wildman–Crippen MR) is 85.6 cm³/mol. The van der Waals surface area contributed by atoms with Gasteiger partial charge in [0.25, 0.3) is 0 Å². The molecule has 4 aliphatic carbocycles. The van der Waals surface area contributed by atoms with E-state index in [1.807, 2.05) is 6.08 Å². The number of aliphatic hydroxyl groups is 1. The Kier molecular flexibility index (Phi) is 4.03. The molecule has 0 aromatic rings. The van der Waals surface area contributed by atoms with Gasteiger partial charge in [-0.05, 0) is 67.8 Å². The molecular weight excluding hydrogens is 295 g/mol. The molecule has 4 rings (SSSR count). The second kappa shape index (κ2) is 5.51. The first kappa shape index (κ1) is 16.8. The summed E-state index contributed by atoms with van der Waals surface area (Å²) in [5, 5.41) is 9.97. The summed E-state index contributed by atoms with van der Waals surface area (Å²) in [5.74, 6) is 2.13. The van der Waals surface area contributed by atoms with Gasteiger partial charge in [-0.25, -0.2) is 0 Å². The number of carbonyl (C=O) groups excluding carboxylic acids is 2. The molecule has 0 aliphatic heterocycles. The molecular formula is C19H27FO3. The van der Waals surface area contributed by atoms with E-state index in [0.717, 1.165) is 38.5 Å². The first-order chi connectivity index (χ1) is 10.5. The van der Waals surface area contributed by atoms with Gasteiger partial charge in [0.05, 0.1) is 12.0 Å². The zero-order valence-corrected chi connectivity index (χ0v) is 13.8. The normalized spacial score (nSPS) is 45.5. The van der Waals surface area contributed by atoms with Crippen molar-refractivity contribution in [2.45, 2.75) is 58.3 Å². The Morgan fingerprint density at radius 3 is 2.61 bits per heavy atom. The van der Waals surface area contributed by atoms with Gasteiger partial charge in [-0.2, -0.15) is 0 Å². The van der Waals surface area contributed by atoms with Crippen molar-refractivity contribution < 1.29 is 19.4 Å². The number of carbonyl (C=O) groups is 2. The van der Waals surface area contributed by atoms with Crippen molar-refractivity contribution >= 4 is 11.6 Å². The number of ketones is 2. The summed E-state index contributed by atoms with van der Waals surface area (Å²) in [6.45, 7) is 2.39. The highest BCUT2D eigenvalue weighted by molar-refractivity contribution is 5.91. The molecule has 5 atom stereocenters. The van der Waals surface area contributed by atoms with Crippen LogP contribution in [0.1, 0.15) is 58.3 Å². The Morgan fingerprint density at radius 1 is 1.09 bits per heavy atom. The van der Waals surface area contributed by atoms with Crippen LogP contribution < -0.4 is 0 Å². The Bertz CT molecular complexity index is 569. The highest BCUT2D eigenvalue weighted by Crippen LogP contribution is 2.64. The molecule has 0 spiro atoms. The number of hydrogen-bond acceptors (Lipinski definition) is 3.